The minimum absolute atomic E-state index is 0.383. The number of carbonyl (C=O) groups excluding carboxylic acids is 3. The van der Waals surface area contributed by atoms with Gasteiger partial charge in [0.25, 0.3) is 0 Å². The van der Waals surface area contributed by atoms with Crippen LogP contribution in [0.5, 0.6) is 5.75 Å². The third-order valence-corrected chi connectivity index (χ3v) is 6.84. The van der Waals surface area contributed by atoms with Crippen molar-refractivity contribution in [3.05, 3.63) is 96.1 Å². The van der Waals surface area contributed by atoms with E-state index < -0.39 is 35.3 Å². The number of esters is 1. The van der Waals surface area contributed by atoms with Crippen LogP contribution in [0.25, 0.3) is 0 Å². The van der Waals surface area contributed by atoms with Crippen molar-refractivity contribution in [2.75, 3.05) is 19.1 Å². The van der Waals surface area contributed by atoms with Crippen LogP contribution in [0.2, 0.25) is 0 Å². The van der Waals surface area contributed by atoms with Crippen molar-refractivity contribution in [2.24, 2.45) is 5.92 Å². The maximum Gasteiger partial charge on any atom is 0.323 e. The molecule has 2 heterocycles. The molecule has 34 heavy (non-hydrogen) atoms. The number of anilines is 1. The molecule has 0 aromatic heterocycles. The Morgan fingerprint density at radius 1 is 0.882 bits per heavy atom. The summed E-state index contributed by atoms with van der Waals surface area (Å²) in [4.78, 5) is 42.5. The van der Waals surface area contributed by atoms with E-state index in [0.717, 1.165) is 5.56 Å². The molecular weight excluding hydrogens is 432 g/mol. The van der Waals surface area contributed by atoms with Crippen molar-refractivity contribution in [1.82, 2.24) is 5.32 Å². The molecule has 0 aliphatic carbocycles. The molecule has 0 spiro atoms. The number of carbonyl (C=O) groups is 3. The molecule has 0 bridgehead atoms. The first-order valence-corrected chi connectivity index (χ1v) is 11.0. The number of hydrogen-bond donors (Lipinski definition) is 1. The summed E-state index contributed by atoms with van der Waals surface area (Å²) in [5.41, 5.74) is 0.531. The average molecular weight is 456 g/mol. The molecule has 4 atom stereocenters. The van der Waals surface area contributed by atoms with Crippen LogP contribution in [-0.2, 0) is 24.5 Å². The van der Waals surface area contributed by atoms with Gasteiger partial charge in [-0.3, -0.25) is 19.7 Å². The molecule has 0 unspecified atom stereocenters. The highest BCUT2D eigenvalue weighted by Crippen LogP contribution is 2.56. The molecule has 2 saturated heterocycles. The highest BCUT2D eigenvalue weighted by molar-refractivity contribution is 6.27. The van der Waals surface area contributed by atoms with E-state index in [-0.39, 0.29) is 5.91 Å². The minimum Gasteiger partial charge on any atom is -0.497 e. The van der Waals surface area contributed by atoms with Gasteiger partial charge in [-0.2, -0.15) is 0 Å². The van der Waals surface area contributed by atoms with Crippen molar-refractivity contribution < 1.29 is 23.9 Å². The molecule has 2 fully saturated rings. The first kappa shape index (κ1) is 21.9. The maximum atomic E-state index is 14.4. The number of benzene rings is 3. The van der Waals surface area contributed by atoms with Gasteiger partial charge in [-0.05, 0) is 35.4 Å². The maximum absolute atomic E-state index is 14.4. The van der Waals surface area contributed by atoms with Gasteiger partial charge >= 0.3 is 5.97 Å². The predicted octanol–water partition coefficient (Wildman–Crippen LogP) is 3.01. The Bertz CT molecular complexity index is 1230. The number of nitrogens with one attached hydrogen (secondary N) is 1. The average Bonchev–Trinajstić information content (AvgIpc) is 3.36. The van der Waals surface area contributed by atoms with Gasteiger partial charge < -0.3 is 9.47 Å². The monoisotopic (exact) mass is 456 g/mol. The summed E-state index contributed by atoms with van der Waals surface area (Å²) < 4.78 is 10.4. The highest BCUT2D eigenvalue weighted by atomic mass is 16.5. The molecule has 0 radical (unpaired) electrons. The molecule has 2 amide bonds. The summed E-state index contributed by atoms with van der Waals surface area (Å²) in [6, 6.07) is 23.7. The third-order valence-electron chi connectivity index (χ3n) is 6.84. The number of nitrogens with zero attached hydrogens (tertiary/aromatic N) is 1. The second-order valence-corrected chi connectivity index (χ2v) is 8.40. The van der Waals surface area contributed by atoms with Crippen LogP contribution < -0.4 is 15.0 Å². The van der Waals surface area contributed by atoms with Crippen LogP contribution in [0.4, 0.5) is 5.69 Å². The fourth-order valence-corrected chi connectivity index (χ4v) is 5.36. The Morgan fingerprint density at radius 2 is 1.50 bits per heavy atom. The van der Waals surface area contributed by atoms with Crippen LogP contribution in [0.3, 0.4) is 0 Å². The van der Waals surface area contributed by atoms with E-state index in [1.54, 1.807) is 55.6 Å². The van der Waals surface area contributed by atoms with Crippen LogP contribution in [0.15, 0.2) is 84.9 Å². The van der Waals surface area contributed by atoms with Gasteiger partial charge in [0.1, 0.15) is 17.2 Å². The SMILES string of the molecule is COC(=O)[C@@H]1N[C@H](c2ccccc2)[C@]2(c3ccc(OC)cc3)C(=O)N(c3ccccc3)C(=O)[C@H]12. The summed E-state index contributed by atoms with van der Waals surface area (Å²) in [5, 5.41) is 3.29. The van der Waals surface area contributed by atoms with E-state index in [0.29, 0.717) is 17.0 Å². The largest absolute Gasteiger partial charge is 0.497 e. The van der Waals surface area contributed by atoms with Gasteiger partial charge in [0, 0.05) is 0 Å². The molecule has 3 aromatic rings. The van der Waals surface area contributed by atoms with Crippen molar-refractivity contribution in [3.8, 4) is 5.75 Å². The molecular formula is C27H24N2O5. The Balaban J connectivity index is 1.78. The van der Waals surface area contributed by atoms with E-state index in [1.165, 1.54) is 12.0 Å². The molecule has 5 rings (SSSR count). The lowest BCUT2D eigenvalue weighted by atomic mass is 9.66. The zero-order chi connectivity index (χ0) is 23.9. The number of fused-ring (bicyclic) bond motifs is 1. The van der Waals surface area contributed by atoms with Crippen molar-refractivity contribution >= 4 is 23.5 Å². The lowest BCUT2D eigenvalue weighted by Gasteiger charge is -2.33. The van der Waals surface area contributed by atoms with E-state index in [1.807, 2.05) is 36.4 Å². The van der Waals surface area contributed by atoms with E-state index in [2.05, 4.69) is 5.32 Å². The molecule has 7 nitrogen and oxygen atoms in total. The van der Waals surface area contributed by atoms with Gasteiger partial charge in [0.15, 0.2) is 0 Å². The smallest absolute Gasteiger partial charge is 0.323 e. The quantitative estimate of drug-likeness (QED) is 0.469. The number of para-hydroxylation sites is 1. The summed E-state index contributed by atoms with van der Waals surface area (Å²) in [7, 11) is 2.85. The summed E-state index contributed by atoms with van der Waals surface area (Å²) in [5.74, 6) is -1.77. The van der Waals surface area contributed by atoms with Gasteiger partial charge in [-0.15, -0.1) is 0 Å². The Hall–Kier alpha value is -3.97. The Kier molecular flexibility index (Phi) is 5.42. The number of imide groups is 1. The molecule has 172 valence electrons. The van der Waals surface area contributed by atoms with Crippen LogP contribution in [-0.4, -0.2) is 38.0 Å². The van der Waals surface area contributed by atoms with Crippen molar-refractivity contribution in [2.45, 2.75) is 17.5 Å². The number of amides is 2. The molecule has 7 heteroatoms. The van der Waals surface area contributed by atoms with Gasteiger partial charge in [0.05, 0.1) is 31.9 Å². The molecule has 3 aromatic carbocycles. The topological polar surface area (TPSA) is 84.9 Å². The number of rotatable bonds is 5. The third kappa shape index (κ3) is 3.04. The fraction of sp³-hybridized carbons (Fsp3) is 0.222. The van der Waals surface area contributed by atoms with Crippen LogP contribution in [0.1, 0.15) is 17.2 Å². The van der Waals surface area contributed by atoms with Gasteiger partial charge in [-0.25, -0.2) is 4.90 Å². The minimum atomic E-state index is -1.36. The lowest BCUT2D eigenvalue weighted by Crippen LogP contribution is -2.45. The lowest BCUT2D eigenvalue weighted by molar-refractivity contribution is -0.145. The standard InChI is InChI=1S/C27H24N2O5/c1-33-20-15-13-18(14-16-20)27-21(24(30)29(26(27)32)19-11-7-4-8-12-19)22(25(31)34-2)28-23(27)17-9-5-3-6-10-17/h3-16,21-23,28H,1-2H3/t21-,22+,23+,27+/m0/s1. The van der Waals surface area contributed by atoms with Crippen LogP contribution in [0, 0.1) is 5.92 Å². The normalized spacial score (nSPS) is 25.8. The zero-order valence-corrected chi connectivity index (χ0v) is 18.8. The Labute approximate surface area is 197 Å². The number of methoxy groups -OCH3 is 2. The fourth-order valence-electron chi connectivity index (χ4n) is 5.36. The summed E-state index contributed by atoms with van der Waals surface area (Å²) in [6.45, 7) is 0. The first-order chi connectivity index (χ1) is 16.5. The number of hydrogen-bond acceptors (Lipinski definition) is 6. The van der Waals surface area contributed by atoms with Crippen molar-refractivity contribution in [3.63, 3.8) is 0 Å². The van der Waals surface area contributed by atoms with Crippen molar-refractivity contribution in [1.29, 1.82) is 0 Å². The first-order valence-electron chi connectivity index (χ1n) is 11.0. The number of ether oxygens (including phenoxy) is 2. The van der Waals surface area contributed by atoms with Crippen LogP contribution >= 0.6 is 0 Å². The Morgan fingerprint density at radius 3 is 2.09 bits per heavy atom. The second-order valence-electron chi connectivity index (χ2n) is 8.40. The zero-order valence-electron chi connectivity index (χ0n) is 18.8. The van der Waals surface area contributed by atoms with E-state index >= 15 is 0 Å². The van der Waals surface area contributed by atoms with E-state index in [9.17, 15) is 14.4 Å². The summed E-state index contributed by atoms with van der Waals surface area (Å²) in [6.07, 6.45) is 0. The summed E-state index contributed by atoms with van der Waals surface area (Å²) >= 11 is 0. The molecule has 2 aliphatic heterocycles. The molecule has 2 aliphatic rings. The predicted molar refractivity (Wildman–Crippen MR) is 125 cm³/mol. The van der Waals surface area contributed by atoms with E-state index in [4.69, 9.17) is 9.47 Å². The van der Waals surface area contributed by atoms with Gasteiger partial charge in [-0.1, -0.05) is 60.7 Å². The highest BCUT2D eigenvalue weighted by Gasteiger charge is 2.72. The molecule has 0 saturated carbocycles. The second kappa shape index (κ2) is 8.43. The molecule has 1 N–H and O–H groups in total. The van der Waals surface area contributed by atoms with Gasteiger partial charge in [0.2, 0.25) is 11.8 Å².